The normalized spacial score (nSPS) is 14.9. The van der Waals surface area contributed by atoms with E-state index in [2.05, 4.69) is 5.32 Å². The van der Waals surface area contributed by atoms with Crippen LogP contribution in [-0.4, -0.2) is 50.2 Å². The number of rotatable bonds is 21. The summed E-state index contributed by atoms with van der Waals surface area (Å²) in [5, 5.41) is 3.13. The van der Waals surface area contributed by atoms with E-state index in [0.717, 1.165) is 18.4 Å². The van der Waals surface area contributed by atoms with Crippen LogP contribution in [0.1, 0.15) is 115 Å². The van der Waals surface area contributed by atoms with E-state index >= 15 is 0 Å². The smallest absolute Gasteiger partial charge is 0.368 e. The largest absolute Gasteiger partial charge is 0.492 e. The van der Waals surface area contributed by atoms with Gasteiger partial charge in [-0.2, -0.15) is 0 Å². The lowest BCUT2D eigenvalue weighted by atomic mass is 9.90. The first-order valence-electron chi connectivity index (χ1n) is 17.7. The predicted molar refractivity (Wildman–Crippen MR) is 194 cm³/mol. The van der Waals surface area contributed by atoms with E-state index in [1.807, 2.05) is 13.0 Å². The van der Waals surface area contributed by atoms with Crippen LogP contribution in [0.15, 0.2) is 36.4 Å². The summed E-state index contributed by atoms with van der Waals surface area (Å²) in [6.07, 6.45) is 5.12. The van der Waals surface area contributed by atoms with Crippen molar-refractivity contribution in [3.05, 3.63) is 53.1 Å². The minimum absolute atomic E-state index is 0.109. The Morgan fingerprint density at radius 1 is 0.860 bits per heavy atom. The summed E-state index contributed by atoms with van der Waals surface area (Å²) in [5.74, 6) is 0.250. The van der Waals surface area contributed by atoms with Gasteiger partial charge in [0.15, 0.2) is 6.35 Å². The third-order valence-corrected chi connectivity index (χ3v) is 12.1. The Hall–Kier alpha value is -2.72. The zero-order chi connectivity index (χ0) is 36.9. The minimum Gasteiger partial charge on any atom is -0.492 e. The van der Waals surface area contributed by atoms with Crippen LogP contribution in [0.4, 0.5) is 0 Å². The van der Waals surface area contributed by atoms with Crippen molar-refractivity contribution >= 4 is 32.3 Å². The van der Waals surface area contributed by atoms with Gasteiger partial charge in [-0.1, -0.05) is 31.4 Å². The van der Waals surface area contributed by atoms with Crippen LogP contribution in [-0.2, 0) is 38.4 Å². The molecule has 2 aromatic carbocycles. The Balaban J connectivity index is 1.73. The number of amides is 2. The van der Waals surface area contributed by atoms with Crippen molar-refractivity contribution in [1.82, 2.24) is 5.32 Å². The summed E-state index contributed by atoms with van der Waals surface area (Å²) in [6, 6.07) is 9.78. The van der Waals surface area contributed by atoms with E-state index in [1.165, 1.54) is 19.3 Å². The molecule has 1 aliphatic rings. The van der Waals surface area contributed by atoms with Crippen molar-refractivity contribution in [2.75, 3.05) is 26.2 Å². The second-order valence-electron chi connectivity index (χ2n) is 13.1. The molecule has 1 fully saturated rings. The van der Waals surface area contributed by atoms with Gasteiger partial charge >= 0.3 is 15.2 Å². The highest BCUT2D eigenvalue weighted by atomic mass is 31.2. The van der Waals surface area contributed by atoms with Crippen molar-refractivity contribution in [3.8, 4) is 11.5 Å². The summed E-state index contributed by atoms with van der Waals surface area (Å²) >= 11 is 0. The molecule has 2 aromatic rings. The second-order valence-corrected chi connectivity index (χ2v) is 16.9. The number of benzene rings is 2. The Morgan fingerprint density at radius 3 is 2.06 bits per heavy atom. The lowest BCUT2D eigenvalue weighted by Gasteiger charge is -2.25. The molecule has 3 rings (SSSR count). The Kier molecular flexibility index (Phi) is 16.5. The molecule has 2 amide bonds. The number of aryl methyl sites for hydroxylation is 1. The number of hydrogen-bond donors (Lipinski definition) is 2. The van der Waals surface area contributed by atoms with Gasteiger partial charge in [-0.15, -0.1) is 0 Å². The first kappa shape index (κ1) is 41.7. The molecular formula is C36H56N2O10P2. The number of primary amides is 1. The van der Waals surface area contributed by atoms with E-state index < -0.39 is 33.5 Å². The highest BCUT2D eigenvalue weighted by Gasteiger charge is 2.34. The van der Waals surface area contributed by atoms with Crippen LogP contribution in [0, 0.1) is 5.92 Å². The number of nitrogens with one attached hydrogen (secondary N) is 1. The van der Waals surface area contributed by atoms with E-state index in [9.17, 15) is 18.7 Å². The summed E-state index contributed by atoms with van der Waals surface area (Å²) in [6.45, 7) is 13.0. The van der Waals surface area contributed by atoms with Crippen LogP contribution < -0.4 is 25.8 Å². The zero-order valence-electron chi connectivity index (χ0n) is 30.6. The highest BCUT2D eigenvalue weighted by Crippen LogP contribution is 2.53. The average molecular weight is 739 g/mol. The summed E-state index contributed by atoms with van der Waals surface area (Å²) in [7, 11) is -7.54. The summed E-state index contributed by atoms with van der Waals surface area (Å²) in [5.41, 5.74) is 7.38. The molecule has 0 bridgehead atoms. The van der Waals surface area contributed by atoms with Gasteiger partial charge < -0.3 is 38.6 Å². The SMILES string of the molecule is CCOP(=O)(OCC)c1cc(CCC(=O)NC(C)c2ccc(OCC3CCCCC3)c(C(N)=O)c2)ccc1OCP(=O)(OC(C)C)OC(C)C. The molecule has 0 saturated heterocycles. The highest BCUT2D eigenvalue weighted by molar-refractivity contribution is 7.62. The molecule has 280 valence electrons. The fourth-order valence-electron chi connectivity index (χ4n) is 5.80. The fraction of sp³-hybridized carbons (Fsp3) is 0.611. The topological polar surface area (TPSA) is 162 Å². The minimum atomic E-state index is -3.86. The molecule has 0 spiro atoms. The van der Waals surface area contributed by atoms with Gasteiger partial charge in [-0.25, -0.2) is 0 Å². The fourth-order valence-corrected chi connectivity index (χ4v) is 9.32. The van der Waals surface area contributed by atoms with Crippen molar-refractivity contribution in [3.63, 3.8) is 0 Å². The lowest BCUT2D eigenvalue weighted by molar-refractivity contribution is -0.121. The number of carbonyl (C=O) groups excluding carboxylic acids is 2. The van der Waals surface area contributed by atoms with E-state index in [4.69, 9.17) is 33.3 Å². The van der Waals surface area contributed by atoms with E-state index in [1.54, 1.807) is 71.9 Å². The number of carbonyl (C=O) groups is 2. The molecule has 50 heavy (non-hydrogen) atoms. The molecule has 1 atom stereocenters. The van der Waals surface area contributed by atoms with E-state index in [0.29, 0.717) is 30.3 Å². The third-order valence-electron chi connectivity index (χ3n) is 8.02. The zero-order valence-corrected chi connectivity index (χ0v) is 32.4. The van der Waals surface area contributed by atoms with Crippen molar-refractivity contribution in [2.45, 2.75) is 112 Å². The summed E-state index contributed by atoms with van der Waals surface area (Å²) in [4.78, 5) is 25.4. The molecule has 3 N–H and O–H groups in total. The molecule has 1 saturated carbocycles. The van der Waals surface area contributed by atoms with Crippen LogP contribution in [0.5, 0.6) is 11.5 Å². The molecule has 0 radical (unpaired) electrons. The van der Waals surface area contributed by atoms with Crippen LogP contribution in [0.2, 0.25) is 0 Å². The van der Waals surface area contributed by atoms with Crippen LogP contribution in [0.25, 0.3) is 0 Å². The second kappa shape index (κ2) is 19.8. The first-order valence-corrected chi connectivity index (χ1v) is 20.9. The van der Waals surface area contributed by atoms with Gasteiger partial charge in [0.25, 0.3) is 5.91 Å². The predicted octanol–water partition coefficient (Wildman–Crippen LogP) is 7.83. The van der Waals surface area contributed by atoms with Gasteiger partial charge in [0.2, 0.25) is 5.91 Å². The molecule has 1 aliphatic carbocycles. The van der Waals surface area contributed by atoms with Gasteiger partial charge in [-0.3, -0.25) is 18.7 Å². The Morgan fingerprint density at radius 2 is 1.48 bits per heavy atom. The Labute approximate surface area is 297 Å². The number of nitrogens with two attached hydrogens (primary N) is 1. The molecular weight excluding hydrogens is 682 g/mol. The quantitative estimate of drug-likeness (QED) is 0.121. The monoisotopic (exact) mass is 738 g/mol. The van der Waals surface area contributed by atoms with Gasteiger partial charge in [-0.05, 0) is 109 Å². The number of hydrogen-bond acceptors (Lipinski definition) is 10. The maximum absolute atomic E-state index is 14.0. The van der Waals surface area contributed by atoms with Gasteiger partial charge in [0.05, 0.1) is 43.6 Å². The maximum Gasteiger partial charge on any atom is 0.368 e. The third kappa shape index (κ3) is 12.8. The standard InChI is InChI=1S/C36H56N2O10P2/c1-8-45-50(42,46-9-2)34-21-28(15-18-33(34)44-24-49(41,47-25(3)4)48-26(5)6)16-20-35(39)38-27(7)30-17-19-32(31(22-30)36(37)40)43-23-29-13-11-10-12-14-29/h15,17-19,21-22,25-27,29H,8-14,16,20,23-24H2,1-7H3,(H2,37,40)(H,38,39). The first-order chi connectivity index (χ1) is 23.7. The van der Waals surface area contributed by atoms with Gasteiger partial charge in [0.1, 0.15) is 16.8 Å². The van der Waals surface area contributed by atoms with Crippen molar-refractivity contribution < 1.29 is 46.3 Å². The van der Waals surface area contributed by atoms with Crippen molar-refractivity contribution in [2.24, 2.45) is 11.7 Å². The van der Waals surface area contributed by atoms with Crippen LogP contribution in [0.3, 0.4) is 0 Å². The molecule has 12 nitrogen and oxygen atoms in total. The Bertz CT molecular complexity index is 1490. The summed E-state index contributed by atoms with van der Waals surface area (Å²) < 4.78 is 61.8. The number of ether oxygens (including phenoxy) is 2. The van der Waals surface area contributed by atoms with E-state index in [-0.39, 0.29) is 54.4 Å². The average Bonchev–Trinajstić information content (AvgIpc) is 3.05. The molecule has 0 aromatic heterocycles. The van der Waals surface area contributed by atoms with Crippen LogP contribution >= 0.6 is 15.2 Å². The molecule has 1 unspecified atom stereocenters. The molecule has 14 heteroatoms. The molecule has 0 heterocycles. The lowest BCUT2D eigenvalue weighted by Crippen LogP contribution is -2.27. The molecule has 0 aliphatic heterocycles. The van der Waals surface area contributed by atoms with Crippen molar-refractivity contribution in [1.29, 1.82) is 0 Å². The van der Waals surface area contributed by atoms with Gasteiger partial charge in [0, 0.05) is 6.42 Å². The maximum atomic E-state index is 14.0.